The molecule has 1 aliphatic rings. The van der Waals surface area contributed by atoms with Gasteiger partial charge >= 0.3 is 0 Å². The Kier molecular flexibility index (Phi) is 2.00. The van der Waals surface area contributed by atoms with Crippen LogP contribution in [0.25, 0.3) is 0 Å². The number of thioether (sulfide) groups is 1. The SMILES string of the molecule is O=CC(=O)C1C=NCS1. The fourth-order valence-corrected chi connectivity index (χ4v) is 1.25. The molecule has 9 heavy (non-hydrogen) atoms. The molecular formula is C5H5NO2S. The average Bonchev–Trinajstić information content (AvgIpc) is 2.37. The maximum Gasteiger partial charge on any atom is 0.213 e. The van der Waals surface area contributed by atoms with E-state index in [2.05, 4.69) is 4.99 Å². The van der Waals surface area contributed by atoms with Crippen molar-refractivity contribution in [1.82, 2.24) is 0 Å². The molecule has 0 saturated carbocycles. The summed E-state index contributed by atoms with van der Waals surface area (Å²) in [7, 11) is 0. The minimum atomic E-state index is -0.388. The molecule has 1 unspecified atom stereocenters. The Morgan fingerprint density at radius 2 is 2.67 bits per heavy atom. The smallest absolute Gasteiger partial charge is 0.213 e. The lowest BCUT2D eigenvalue weighted by molar-refractivity contribution is -0.128. The van der Waals surface area contributed by atoms with Gasteiger partial charge < -0.3 is 0 Å². The lowest BCUT2D eigenvalue weighted by Gasteiger charge is -1.93. The highest BCUT2D eigenvalue weighted by molar-refractivity contribution is 8.01. The third kappa shape index (κ3) is 1.38. The molecule has 0 fully saturated rings. The van der Waals surface area contributed by atoms with Crippen LogP contribution in [0.15, 0.2) is 4.99 Å². The van der Waals surface area contributed by atoms with Crippen molar-refractivity contribution in [2.24, 2.45) is 4.99 Å². The van der Waals surface area contributed by atoms with Gasteiger partial charge in [0.1, 0.15) is 5.25 Å². The van der Waals surface area contributed by atoms with Gasteiger partial charge in [-0.05, 0) is 0 Å². The topological polar surface area (TPSA) is 46.5 Å². The Bertz CT molecular complexity index is 166. The van der Waals surface area contributed by atoms with Crippen LogP contribution in [0.2, 0.25) is 0 Å². The van der Waals surface area contributed by atoms with Crippen LogP contribution in [-0.4, -0.2) is 29.4 Å². The summed E-state index contributed by atoms with van der Waals surface area (Å²) in [4.78, 5) is 24.2. The van der Waals surface area contributed by atoms with E-state index in [1.807, 2.05) is 0 Å². The molecule has 0 radical (unpaired) electrons. The van der Waals surface area contributed by atoms with Crippen LogP contribution in [0.3, 0.4) is 0 Å². The number of rotatable bonds is 2. The summed E-state index contributed by atoms with van der Waals surface area (Å²) >= 11 is 1.37. The highest BCUT2D eigenvalue weighted by atomic mass is 32.2. The normalized spacial score (nSPS) is 24.2. The number of ketones is 1. The quantitative estimate of drug-likeness (QED) is 0.400. The fourth-order valence-electron chi connectivity index (χ4n) is 0.528. The van der Waals surface area contributed by atoms with E-state index in [1.54, 1.807) is 0 Å². The molecule has 0 aliphatic carbocycles. The molecule has 0 N–H and O–H groups in total. The van der Waals surface area contributed by atoms with Gasteiger partial charge in [-0.1, -0.05) is 0 Å². The number of carbonyl (C=O) groups is 2. The second kappa shape index (κ2) is 2.77. The molecule has 0 aromatic rings. The van der Waals surface area contributed by atoms with Crippen molar-refractivity contribution in [1.29, 1.82) is 0 Å². The highest BCUT2D eigenvalue weighted by Gasteiger charge is 2.18. The second-order valence-electron chi connectivity index (χ2n) is 1.57. The van der Waals surface area contributed by atoms with Gasteiger partial charge in [-0.3, -0.25) is 14.6 Å². The first kappa shape index (κ1) is 6.48. The van der Waals surface area contributed by atoms with E-state index in [0.717, 1.165) is 0 Å². The van der Waals surface area contributed by atoms with Crippen LogP contribution >= 0.6 is 11.8 Å². The molecule has 0 aromatic carbocycles. The molecule has 0 bridgehead atoms. The predicted molar refractivity (Wildman–Crippen MR) is 35.8 cm³/mol. The van der Waals surface area contributed by atoms with Crippen molar-refractivity contribution in [2.45, 2.75) is 5.25 Å². The lowest BCUT2D eigenvalue weighted by atomic mass is 10.3. The third-order valence-corrected chi connectivity index (χ3v) is 1.98. The fraction of sp³-hybridized carbons (Fsp3) is 0.400. The van der Waals surface area contributed by atoms with Crippen LogP contribution in [0.5, 0.6) is 0 Å². The maximum absolute atomic E-state index is 10.5. The zero-order valence-electron chi connectivity index (χ0n) is 4.61. The molecule has 0 amide bonds. The molecule has 0 spiro atoms. The maximum atomic E-state index is 10.5. The number of nitrogens with zero attached hydrogens (tertiary/aromatic N) is 1. The van der Waals surface area contributed by atoms with Gasteiger partial charge in [0, 0.05) is 6.21 Å². The van der Waals surface area contributed by atoms with Gasteiger partial charge in [-0.15, -0.1) is 11.8 Å². The molecular weight excluding hydrogens is 138 g/mol. The standard InChI is InChI=1S/C5H5NO2S/c7-2-4(8)5-1-6-3-9-5/h1-2,5H,3H2. The average molecular weight is 143 g/mol. The highest BCUT2D eigenvalue weighted by Crippen LogP contribution is 2.14. The first-order valence-corrected chi connectivity index (χ1v) is 3.50. The summed E-state index contributed by atoms with van der Waals surface area (Å²) in [5.74, 6) is 0.214. The Labute approximate surface area is 56.5 Å². The Hall–Kier alpha value is -0.640. The number of aldehydes is 1. The summed E-state index contributed by atoms with van der Waals surface area (Å²) < 4.78 is 0. The van der Waals surface area contributed by atoms with Gasteiger partial charge in [-0.2, -0.15) is 0 Å². The Morgan fingerprint density at radius 1 is 1.89 bits per heavy atom. The first-order valence-electron chi connectivity index (χ1n) is 2.45. The monoisotopic (exact) mass is 143 g/mol. The minimum Gasteiger partial charge on any atom is -0.295 e. The van der Waals surface area contributed by atoms with Crippen molar-refractivity contribution in [3.05, 3.63) is 0 Å². The number of hydrogen-bond donors (Lipinski definition) is 0. The van der Waals surface area contributed by atoms with E-state index in [9.17, 15) is 9.59 Å². The number of hydrogen-bond acceptors (Lipinski definition) is 4. The van der Waals surface area contributed by atoms with E-state index in [1.165, 1.54) is 18.0 Å². The predicted octanol–water partition coefficient (Wildman–Crippen LogP) is -0.102. The molecule has 1 heterocycles. The van der Waals surface area contributed by atoms with Crippen LogP contribution in [0.4, 0.5) is 0 Å². The van der Waals surface area contributed by atoms with Gasteiger partial charge in [-0.25, -0.2) is 0 Å². The number of Topliss-reactive ketones (excluding diaryl/α,β-unsaturated/α-hetero) is 1. The van der Waals surface area contributed by atoms with Crippen LogP contribution in [0, 0.1) is 0 Å². The summed E-state index contributed by atoms with van der Waals surface area (Å²) in [5.41, 5.74) is 0. The molecule has 0 aromatic heterocycles. The molecule has 48 valence electrons. The molecule has 1 atom stereocenters. The van der Waals surface area contributed by atoms with Crippen molar-refractivity contribution >= 4 is 30.0 Å². The number of aliphatic imine (C=N–C) groups is 1. The van der Waals surface area contributed by atoms with Crippen molar-refractivity contribution in [3.63, 3.8) is 0 Å². The van der Waals surface area contributed by atoms with E-state index >= 15 is 0 Å². The van der Waals surface area contributed by atoms with Gasteiger partial charge in [0.2, 0.25) is 5.78 Å². The molecule has 1 rings (SSSR count). The Morgan fingerprint density at radius 3 is 3.11 bits per heavy atom. The Balaban J connectivity index is 2.52. The van der Waals surface area contributed by atoms with Gasteiger partial charge in [0.15, 0.2) is 6.29 Å². The molecule has 1 aliphatic heterocycles. The largest absolute Gasteiger partial charge is 0.295 e. The second-order valence-corrected chi connectivity index (χ2v) is 2.67. The minimum absolute atomic E-state index is 0.303. The summed E-state index contributed by atoms with van der Waals surface area (Å²) in [6.07, 6.45) is 1.86. The van der Waals surface area contributed by atoms with Crippen LogP contribution in [-0.2, 0) is 9.59 Å². The van der Waals surface area contributed by atoms with Crippen molar-refractivity contribution < 1.29 is 9.59 Å². The van der Waals surface area contributed by atoms with Crippen molar-refractivity contribution in [2.75, 3.05) is 5.88 Å². The summed E-state index contributed by atoms with van der Waals surface area (Å²) in [5, 5.41) is -0.303. The summed E-state index contributed by atoms with van der Waals surface area (Å²) in [6.45, 7) is 0. The molecule has 3 nitrogen and oxygen atoms in total. The van der Waals surface area contributed by atoms with Crippen molar-refractivity contribution in [3.8, 4) is 0 Å². The first-order chi connectivity index (χ1) is 4.34. The van der Waals surface area contributed by atoms with E-state index in [-0.39, 0.29) is 11.0 Å². The van der Waals surface area contributed by atoms with E-state index < -0.39 is 0 Å². The zero-order chi connectivity index (χ0) is 6.69. The van der Waals surface area contributed by atoms with Crippen LogP contribution in [0.1, 0.15) is 0 Å². The molecule has 4 heteroatoms. The van der Waals surface area contributed by atoms with E-state index in [0.29, 0.717) is 12.2 Å². The lowest BCUT2D eigenvalue weighted by Crippen LogP contribution is -2.16. The molecule has 0 saturated heterocycles. The number of carbonyl (C=O) groups excluding carboxylic acids is 2. The van der Waals surface area contributed by atoms with Gasteiger partial charge in [0.25, 0.3) is 0 Å². The van der Waals surface area contributed by atoms with Gasteiger partial charge in [0.05, 0.1) is 5.88 Å². The summed E-state index contributed by atoms with van der Waals surface area (Å²) in [6, 6.07) is 0. The van der Waals surface area contributed by atoms with E-state index in [4.69, 9.17) is 0 Å². The third-order valence-electron chi connectivity index (χ3n) is 0.966. The van der Waals surface area contributed by atoms with Crippen LogP contribution < -0.4 is 0 Å². The zero-order valence-corrected chi connectivity index (χ0v) is 5.43.